The third-order valence-electron chi connectivity index (χ3n) is 4.97. The molecule has 3 heteroatoms. The number of para-hydroxylation sites is 1. The van der Waals surface area contributed by atoms with Gasteiger partial charge in [-0.1, -0.05) is 24.6 Å². The highest BCUT2D eigenvalue weighted by molar-refractivity contribution is 5.97. The van der Waals surface area contributed by atoms with Gasteiger partial charge in [0.1, 0.15) is 5.69 Å². The van der Waals surface area contributed by atoms with E-state index < -0.39 is 0 Å². The molecule has 2 aliphatic carbocycles. The van der Waals surface area contributed by atoms with Gasteiger partial charge in [0.2, 0.25) is 0 Å². The fraction of sp³-hybridized carbons (Fsp3) is 0.412. The van der Waals surface area contributed by atoms with Crippen LogP contribution >= 0.6 is 0 Å². The first-order valence-electron chi connectivity index (χ1n) is 7.46. The van der Waals surface area contributed by atoms with Crippen LogP contribution in [0.1, 0.15) is 36.2 Å². The van der Waals surface area contributed by atoms with Crippen LogP contribution in [-0.2, 0) is 0 Å². The summed E-state index contributed by atoms with van der Waals surface area (Å²) in [6.45, 7) is 0. The minimum Gasteiger partial charge on any atom is -0.292 e. The van der Waals surface area contributed by atoms with Crippen LogP contribution in [0.4, 0.5) is 0 Å². The van der Waals surface area contributed by atoms with Gasteiger partial charge in [-0.3, -0.25) is 4.79 Å². The molecule has 0 saturated heterocycles. The van der Waals surface area contributed by atoms with Gasteiger partial charge < -0.3 is 0 Å². The number of carbonyl (C=O) groups excluding carboxylic acids is 1. The molecule has 0 N–H and O–H groups in total. The molecule has 3 nitrogen and oxygen atoms in total. The zero-order chi connectivity index (χ0) is 13.5. The fourth-order valence-corrected chi connectivity index (χ4v) is 4.02. The molecule has 4 rings (SSSR count). The lowest BCUT2D eigenvalue weighted by Crippen LogP contribution is -2.23. The van der Waals surface area contributed by atoms with Crippen LogP contribution < -0.4 is 0 Å². The molecule has 3 atom stereocenters. The molecule has 2 bridgehead atoms. The number of Topliss-reactive ketones (excluding diaryl/α,β-unsaturated/α-hetero) is 1. The number of nitrogens with zero attached hydrogens (tertiary/aromatic N) is 2. The maximum atomic E-state index is 12.8. The Balaban J connectivity index is 1.67. The van der Waals surface area contributed by atoms with E-state index in [-0.39, 0.29) is 5.92 Å². The SMILES string of the molecule is O=C(c1ccnn1-c1ccccc1)C1CC2CCC1C2. The van der Waals surface area contributed by atoms with Gasteiger partial charge in [-0.25, -0.2) is 4.68 Å². The van der Waals surface area contributed by atoms with Gasteiger partial charge in [0, 0.05) is 5.92 Å². The monoisotopic (exact) mass is 266 g/mol. The first-order chi connectivity index (χ1) is 9.83. The van der Waals surface area contributed by atoms with Crippen molar-refractivity contribution in [3.05, 3.63) is 48.3 Å². The second-order valence-electron chi connectivity index (χ2n) is 6.11. The molecule has 20 heavy (non-hydrogen) atoms. The van der Waals surface area contributed by atoms with Crippen molar-refractivity contribution in [2.24, 2.45) is 17.8 Å². The highest BCUT2D eigenvalue weighted by atomic mass is 16.1. The molecule has 2 fully saturated rings. The molecular weight excluding hydrogens is 248 g/mol. The van der Waals surface area contributed by atoms with Crippen LogP contribution in [-0.4, -0.2) is 15.6 Å². The number of rotatable bonds is 3. The van der Waals surface area contributed by atoms with Gasteiger partial charge in [0.25, 0.3) is 0 Å². The third kappa shape index (κ3) is 1.80. The molecule has 2 aliphatic rings. The molecule has 0 aliphatic heterocycles. The van der Waals surface area contributed by atoms with Gasteiger partial charge in [-0.15, -0.1) is 0 Å². The Labute approximate surface area is 118 Å². The summed E-state index contributed by atoms with van der Waals surface area (Å²) in [4.78, 5) is 12.8. The Morgan fingerprint density at radius 3 is 2.65 bits per heavy atom. The average molecular weight is 266 g/mol. The van der Waals surface area contributed by atoms with Crippen LogP contribution in [0.25, 0.3) is 5.69 Å². The molecular formula is C17H18N2O. The van der Waals surface area contributed by atoms with Crippen molar-refractivity contribution >= 4 is 5.78 Å². The molecule has 3 unspecified atom stereocenters. The first-order valence-corrected chi connectivity index (χ1v) is 7.46. The van der Waals surface area contributed by atoms with Crippen molar-refractivity contribution in [1.82, 2.24) is 9.78 Å². The largest absolute Gasteiger partial charge is 0.292 e. The van der Waals surface area contributed by atoms with E-state index in [4.69, 9.17) is 0 Å². The second kappa shape index (κ2) is 4.58. The van der Waals surface area contributed by atoms with Crippen molar-refractivity contribution in [1.29, 1.82) is 0 Å². The zero-order valence-electron chi connectivity index (χ0n) is 11.4. The molecule has 0 radical (unpaired) electrons. The first kappa shape index (κ1) is 11.9. The quantitative estimate of drug-likeness (QED) is 0.797. The lowest BCUT2D eigenvalue weighted by Gasteiger charge is -2.20. The van der Waals surface area contributed by atoms with Gasteiger partial charge in [-0.2, -0.15) is 5.10 Å². The van der Waals surface area contributed by atoms with Crippen LogP contribution in [0.5, 0.6) is 0 Å². The Hall–Kier alpha value is -1.90. The highest BCUT2D eigenvalue weighted by Gasteiger charge is 2.43. The number of ketones is 1. The van der Waals surface area contributed by atoms with Crippen LogP contribution in [0.3, 0.4) is 0 Å². The lowest BCUT2D eigenvalue weighted by atomic mass is 9.84. The molecule has 1 heterocycles. The zero-order valence-corrected chi connectivity index (χ0v) is 11.4. The number of aromatic nitrogens is 2. The minimum absolute atomic E-state index is 0.230. The number of carbonyl (C=O) groups is 1. The summed E-state index contributed by atoms with van der Waals surface area (Å²) in [5.41, 5.74) is 1.71. The van der Waals surface area contributed by atoms with Gasteiger partial charge in [0.05, 0.1) is 11.9 Å². The molecule has 0 amide bonds. The molecule has 0 spiro atoms. The van der Waals surface area contributed by atoms with Gasteiger partial charge in [0.15, 0.2) is 5.78 Å². The van der Waals surface area contributed by atoms with Crippen molar-refractivity contribution < 1.29 is 4.79 Å². The van der Waals surface area contributed by atoms with Crippen LogP contribution in [0.2, 0.25) is 0 Å². The average Bonchev–Trinajstić information content (AvgIpc) is 3.23. The van der Waals surface area contributed by atoms with E-state index in [0.717, 1.165) is 23.7 Å². The molecule has 2 aromatic rings. The highest BCUT2D eigenvalue weighted by Crippen LogP contribution is 2.49. The summed E-state index contributed by atoms with van der Waals surface area (Å²) in [5.74, 6) is 1.93. The Kier molecular flexibility index (Phi) is 2.72. The molecule has 1 aromatic carbocycles. The van der Waals surface area contributed by atoms with E-state index in [1.807, 2.05) is 36.4 Å². The van der Waals surface area contributed by atoms with Gasteiger partial charge in [-0.05, 0) is 49.3 Å². The van der Waals surface area contributed by atoms with E-state index in [0.29, 0.717) is 11.7 Å². The summed E-state index contributed by atoms with van der Waals surface area (Å²) in [5, 5.41) is 4.34. The third-order valence-corrected chi connectivity index (χ3v) is 4.97. The number of hydrogen-bond acceptors (Lipinski definition) is 2. The van der Waals surface area contributed by atoms with Crippen molar-refractivity contribution in [3.8, 4) is 5.69 Å². The summed E-state index contributed by atoms with van der Waals surface area (Å²) < 4.78 is 1.79. The smallest absolute Gasteiger partial charge is 0.184 e. The predicted octanol–water partition coefficient (Wildman–Crippen LogP) is 3.49. The van der Waals surface area contributed by atoms with Crippen molar-refractivity contribution in [2.45, 2.75) is 25.7 Å². The Morgan fingerprint density at radius 2 is 1.95 bits per heavy atom. The fourth-order valence-electron chi connectivity index (χ4n) is 4.02. The summed E-state index contributed by atoms with van der Waals surface area (Å²) >= 11 is 0. The molecule has 1 aromatic heterocycles. The van der Waals surface area contributed by atoms with E-state index in [9.17, 15) is 4.79 Å². The second-order valence-corrected chi connectivity index (χ2v) is 6.11. The Bertz CT molecular complexity index is 631. The van der Waals surface area contributed by atoms with Crippen molar-refractivity contribution in [2.75, 3.05) is 0 Å². The standard InChI is InChI=1S/C17H18N2O/c20-17(15-11-12-6-7-13(15)10-12)16-8-9-18-19(16)14-4-2-1-3-5-14/h1-5,8-9,12-13,15H,6-7,10-11H2. The van der Waals surface area contributed by atoms with E-state index in [1.54, 1.807) is 10.9 Å². The molecule has 102 valence electrons. The topological polar surface area (TPSA) is 34.9 Å². The lowest BCUT2D eigenvalue weighted by molar-refractivity contribution is 0.0866. The maximum absolute atomic E-state index is 12.8. The summed E-state index contributed by atoms with van der Waals surface area (Å²) in [7, 11) is 0. The summed E-state index contributed by atoms with van der Waals surface area (Å²) in [6, 6.07) is 11.8. The van der Waals surface area contributed by atoms with Crippen molar-refractivity contribution in [3.63, 3.8) is 0 Å². The van der Waals surface area contributed by atoms with Crippen LogP contribution in [0.15, 0.2) is 42.6 Å². The van der Waals surface area contributed by atoms with E-state index in [2.05, 4.69) is 5.10 Å². The van der Waals surface area contributed by atoms with Crippen LogP contribution in [0, 0.1) is 17.8 Å². The number of fused-ring (bicyclic) bond motifs is 2. The molecule has 2 saturated carbocycles. The normalized spacial score (nSPS) is 27.9. The van der Waals surface area contributed by atoms with Gasteiger partial charge >= 0.3 is 0 Å². The maximum Gasteiger partial charge on any atom is 0.184 e. The summed E-state index contributed by atoms with van der Waals surface area (Å²) in [6.07, 6.45) is 6.64. The number of hydrogen-bond donors (Lipinski definition) is 0. The van der Waals surface area contributed by atoms with E-state index >= 15 is 0 Å². The Morgan fingerprint density at radius 1 is 1.10 bits per heavy atom. The number of benzene rings is 1. The predicted molar refractivity (Wildman–Crippen MR) is 76.8 cm³/mol. The minimum atomic E-state index is 0.230. The van der Waals surface area contributed by atoms with E-state index in [1.165, 1.54) is 19.3 Å².